The van der Waals surface area contributed by atoms with Crippen LogP contribution in [0.15, 0.2) is 59.4 Å². The lowest BCUT2D eigenvalue weighted by atomic mass is 9.98. The van der Waals surface area contributed by atoms with Crippen molar-refractivity contribution in [1.29, 1.82) is 0 Å². The van der Waals surface area contributed by atoms with E-state index in [2.05, 4.69) is 0 Å². The summed E-state index contributed by atoms with van der Waals surface area (Å²) in [5.41, 5.74) is 3.69. The summed E-state index contributed by atoms with van der Waals surface area (Å²) in [5, 5.41) is 0.999. The van der Waals surface area contributed by atoms with Crippen LogP contribution in [-0.2, 0) is 7.05 Å². The van der Waals surface area contributed by atoms with Gasteiger partial charge in [0.2, 0.25) is 0 Å². The van der Waals surface area contributed by atoms with Gasteiger partial charge in [-0.15, -0.1) is 0 Å². The molecule has 0 bridgehead atoms. The minimum atomic E-state index is -0.116. The predicted molar refractivity (Wildman–Crippen MR) is 99.3 cm³/mol. The molecule has 0 fully saturated rings. The molecule has 1 aliphatic heterocycles. The summed E-state index contributed by atoms with van der Waals surface area (Å²) in [4.78, 5) is 12.7. The molecule has 2 aromatic carbocycles. The molecule has 0 unspecified atom stereocenters. The van der Waals surface area contributed by atoms with E-state index >= 15 is 0 Å². The largest absolute Gasteiger partial charge is 0.489 e. The molecule has 0 aliphatic carbocycles. The van der Waals surface area contributed by atoms with Gasteiger partial charge < -0.3 is 14.0 Å². The fraction of sp³-hybridized carbons (Fsp3) is 0.190. The molecule has 1 aromatic heterocycles. The van der Waals surface area contributed by atoms with E-state index in [0.717, 1.165) is 33.4 Å². The van der Waals surface area contributed by atoms with Crippen LogP contribution in [0, 0.1) is 6.92 Å². The normalized spacial score (nSPS) is 13.1. The monoisotopic (exact) mass is 333 g/mol. The van der Waals surface area contributed by atoms with Gasteiger partial charge in [0.1, 0.15) is 19.0 Å². The number of aromatic nitrogens is 1. The third kappa shape index (κ3) is 2.60. The first-order chi connectivity index (χ1) is 12.2. The van der Waals surface area contributed by atoms with E-state index < -0.39 is 0 Å². The van der Waals surface area contributed by atoms with Crippen LogP contribution in [0.25, 0.3) is 16.5 Å². The van der Waals surface area contributed by atoms with E-state index in [0.29, 0.717) is 19.0 Å². The van der Waals surface area contributed by atoms with Gasteiger partial charge in [-0.3, -0.25) is 4.79 Å². The maximum absolute atomic E-state index is 12.7. The molecule has 0 amide bonds. The lowest BCUT2D eigenvalue weighted by Gasteiger charge is -2.22. The molecule has 0 N–H and O–H groups in total. The number of para-hydroxylation sites is 2. The molecule has 4 nitrogen and oxygen atoms in total. The summed E-state index contributed by atoms with van der Waals surface area (Å²) >= 11 is 0. The van der Waals surface area contributed by atoms with Crippen LogP contribution in [-0.4, -0.2) is 17.8 Å². The Morgan fingerprint density at radius 3 is 2.72 bits per heavy atom. The predicted octanol–water partition coefficient (Wildman–Crippen LogP) is 3.70. The van der Waals surface area contributed by atoms with Crippen molar-refractivity contribution < 1.29 is 9.47 Å². The molecular weight excluding hydrogens is 314 g/mol. The Bertz CT molecular complexity index is 1050. The Hall–Kier alpha value is -3.01. The van der Waals surface area contributed by atoms with Gasteiger partial charge in [-0.2, -0.15) is 0 Å². The summed E-state index contributed by atoms with van der Waals surface area (Å²) in [7, 11) is 1.77. The fourth-order valence-corrected chi connectivity index (χ4v) is 3.25. The fourth-order valence-electron chi connectivity index (χ4n) is 3.25. The van der Waals surface area contributed by atoms with Crippen molar-refractivity contribution in [3.05, 3.63) is 76.1 Å². The van der Waals surface area contributed by atoms with Crippen LogP contribution >= 0.6 is 0 Å². The van der Waals surface area contributed by atoms with Gasteiger partial charge >= 0.3 is 0 Å². The highest BCUT2D eigenvalue weighted by Crippen LogP contribution is 2.34. The summed E-state index contributed by atoms with van der Waals surface area (Å²) in [6.07, 6.45) is 1.99. The quantitative estimate of drug-likeness (QED) is 0.734. The Balaban J connectivity index is 1.80. The maximum atomic E-state index is 12.7. The number of hydrogen-bond acceptors (Lipinski definition) is 3. The van der Waals surface area contributed by atoms with Gasteiger partial charge in [0, 0.05) is 23.6 Å². The van der Waals surface area contributed by atoms with E-state index in [1.54, 1.807) is 11.6 Å². The van der Waals surface area contributed by atoms with Crippen molar-refractivity contribution >= 4 is 16.5 Å². The van der Waals surface area contributed by atoms with E-state index in [9.17, 15) is 4.79 Å². The summed E-state index contributed by atoms with van der Waals surface area (Å²) in [5.74, 6) is 1.26. The molecule has 0 saturated heterocycles. The van der Waals surface area contributed by atoms with Crippen LogP contribution in [0.1, 0.15) is 11.1 Å². The number of fused-ring (bicyclic) bond motifs is 3. The molecule has 1 aliphatic rings. The van der Waals surface area contributed by atoms with E-state index in [1.807, 2.05) is 61.5 Å². The number of ether oxygens (including phenoxy) is 2. The van der Waals surface area contributed by atoms with Gasteiger partial charge in [0.05, 0.1) is 5.52 Å². The zero-order valence-electron chi connectivity index (χ0n) is 14.3. The smallest absolute Gasteiger partial charge is 0.293 e. The standard InChI is InChI=1S/C21H19NO3/c1-14-7-3-6-10-18(14)25-13-15-11-12-24-20-19(15)16-8-4-5-9-17(16)22(2)21(20)23/h3-11H,12-13H2,1-2H3. The maximum Gasteiger partial charge on any atom is 0.293 e. The van der Waals surface area contributed by atoms with E-state index in [4.69, 9.17) is 9.47 Å². The first-order valence-corrected chi connectivity index (χ1v) is 8.29. The Kier molecular flexibility index (Phi) is 3.80. The molecule has 2 heterocycles. The first-order valence-electron chi connectivity index (χ1n) is 8.29. The van der Waals surface area contributed by atoms with Crippen molar-refractivity contribution in [2.45, 2.75) is 6.92 Å². The van der Waals surface area contributed by atoms with Crippen LogP contribution in [0.2, 0.25) is 0 Å². The average Bonchev–Trinajstić information content (AvgIpc) is 2.65. The third-order valence-electron chi connectivity index (χ3n) is 4.62. The highest BCUT2D eigenvalue weighted by Gasteiger charge is 2.22. The number of rotatable bonds is 3. The minimum absolute atomic E-state index is 0.116. The molecule has 0 spiro atoms. The molecule has 0 radical (unpaired) electrons. The number of hydrogen-bond donors (Lipinski definition) is 0. The van der Waals surface area contributed by atoms with Crippen molar-refractivity contribution in [1.82, 2.24) is 4.57 Å². The Morgan fingerprint density at radius 1 is 1.12 bits per heavy atom. The van der Waals surface area contributed by atoms with Crippen molar-refractivity contribution in [3.63, 3.8) is 0 Å². The van der Waals surface area contributed by atoms with Crippen molar-refractivity contribution in [3.8, 4) is 11.5 Å². The number of pyridine rings is 1. The molecule has 3 aromatic rings. The van der Waals surface area contributed by atoms with E-state index in [-0.39, 0.29) is 5.56 Å². The highest BCUT2D eigenvalue weighted by molar-refractivity contribution is 5.95. The third-order valence-corrected chi connectivity index (χ3v) is 4.62. The zero-order valence-corrected chi connectivity index (χ0v) is 14.3. The molecule has 4 rings (SSSR count). The highest BCUT2D eigenvalue weighted by atomic mass is 16.5. The Labute approximate surface area is 145 Å². The lowest BCUT2D eigenvalue weighted by molar-refractivity contribution is 0.338. The number of benzene rings is 2. The molecule has 0 saturated carbocycles. The van der Waals surface area contributed by atoms with E-state index in [1.165, 1.54) is 0 Å². The lowest BCUT2D eigenvalue weighted by Crippen LogP contribution is -2.24. The molecule has 4 heteroatoms. The second-order valence-electron chi connectivity index (χ2n) is 6.18. The minimum Gasteiger partial charge on any atom is -0.489 e. The Morgan fingerprint density at radius 2 is 1.88 bits per heavy atom. The SMILES string of the molecule is Cc1ccccc1OCC1=CCOc2c1c1ccccc1n(C)c2=O. The number of nitrogens with zero attached hydrogens (tertiary/aromatic N) is 1. The van der Waals surface area contributed by atoms with Gasteiger partial charge in [0.25, 0.3) is 5.56 Å². The summed E-state index contributed by atoms with van der Waals surface area (Å²) in [6.45, 7) is 2.80. The molecule has 25 heavy (non-hydrogen) atoms. The average molecular weight is 333 g/mol. The summed E-state index contributed by atoms with van der Waals surface area (Å²) in [6, 6.07) is 15.8. The first kappa shape index (κ1) is 15.5. The molecule has 126 valence electrons. The van der Waals surface area contributed by atoms with Crippen molar-refractivity contribution in [2.75, 3.05) is 13.2 Å². The molecular formula is C21H19NO3. The summed E-state index contributed by atoms with van der Waals surface area (Å²) < 4.78 is 13.3. The topological polar surface area (TPSA) is 40.5 Å². The van der Waals surface area contributed by atoms with Crippen LogP contribution in [0.5, 0.6) is 11.5 Å². The van der Waals surface area contributed by atoms with Crippen LogP contribution in [0.3, 0.4) is 0 Å². The van der Waals surface area contributed by atoms with Gasteiger partial charge in [-0.1, -0.05) is 36.4 Å². The molecule has 0 atom stereocenters. The van der Waals surface area contributed by atoms with Gasteiger partial charge in [0.15, 0.2) is 5.75 Å². The van der Waals surface area contributed by atoms with Gasteiger partial charge in [-0.05, 0) is 30.7 Å². The van der Waals surface area contributed by atoms with Crippen LogP contribution < -0.4 is 15.0 Å². The number of aryl methyl sites for hydroxylation is 2. The zero-order chi connectivity index (χ0) is 17.4. The van der Waals surface area contributed by atoms with Crippen molar-refractivity contribution in [2.24, 2.45) is 7.05 Å². The van der Waals surface area contributed by atoms with Crippen LogP contribution in [0.4, 0.5) is 0 Å². The second kappa shape index (κ2) is 6.13. The second-order valence-corrected chi connectivity index (χ2v) is 6.18. The van der Waals surface area contributed by atoms with Gasteiger partial charge in [-0.25, -0.2) is 0 Å².